The van der Waals surface area contributed by atoms with Crippen molar-refractivity contribution >= 4 is 18.4 Å². The van der Waals surface area contributed by atoms with Gasteiger partial charge in [0, 0.05) is 5.56 Å². The highest BCUT2D eigenvalue weighted by molar-refractivity contribution is 6.62. The van der Waals surface area contributed by atoms with Crippen LogP contribution in [0.3, 0.4) is 0 Å². The van der Waals surface area contributed by atoms with E-state index in [1.807, 2.05) is 39.8 Å². The smallest absolute Gasteiger partial charge is 0.399 e. The maximum Gasteiger partial charge on any atom is 0.494 e. The lowest BCUT2D eigenvalue weighted by Gasteiger charge is -2.32. The average Bonchev–Trinajstić information content (AvgIpc) is 2.58. The summed E-state index contributed by atoms with van der Waals surface area (Å²) in [5.74, 6) is -0.0829. The zero-order valence-electron chi connectivity index (χ0n) is 11.9. The summed E-state index contributed by atoms with van der Waals surface area (Å²) in [5, 5.41) is 0. The molecule has 0 amide bonds. The fourth-order valence-corrected chi connectivity index (χ4v) is 1.90. The molecule has 1 aromatic rings. The number of hydrogen-bond acceptors (Lipinski definition) is 3. The molecule has 0 aliphatic carbocycles. The van der Waals surface area contributed by atoms with Gasteiger partial charge in [-0.15, -0.1) is 0 Å². The van der Waals surface area contributed by atoms with Gasteiger partial charge >= 0.3 is 7.12 Å². The van der Waals surface area contributed by atoms with Gasteiger partial charge in [-0.2, -0.15) is 0 Å². The molecule has 1 aliphatic rings. The summed E-state index contributed by atoms with van der Waals surface area (Å²) in [4.78, 5) is 11.5. The minimum absolute atomic E-state index is 0.0829. The van der Waals surface area contributed by atoms with Gasteiger partial charge in [-0.1, -0.05) is 30.8 Å². The van der Waals surface area contributed by atoms with Gasteiger partial charge in [0.15, 0.2) is 5.78 Å². The molecule has 0 unspecified atom stereocenters. The molecule has 4 heteroatoms. The summed E-state index contributed by atoms with van der Waals surface area (Å²) in [5.41, 5.74) is 0.829. The zero-order chi connectivity index (χ0) is 14.3. The number of allylic oxidation sites excluding steroid dienone is 1. The van der Waals surface area contributed by atoms with Gasteiger partial charge in [0.05, 0.1) is 11.2 Å². The highest BCUT2D eigenvalue weighted by atomic mass is 16.7. The third kappa shape index (κ3) is 2.51. The Morgan fingerprint density at radius 2 is 1.58 bits per heavy atom. The minimum atomic E-state index is -0.391. The third-order valence-electron chi connectivity index (χ3n) is 3.91. The topological polar surface area (TPSA) is 35.5 Å². The Morgan fingerprint density at radius 1 is 1.11 bits per heavy atom. The second-order valence-corrected chi connectivity index (χ2v) is 5.78. The van der Waals surface area contributed by atoms with E-state index in [2.05, 4.69) is 6.58 Å². The molecular weight excluding hydrogens is 239 g/mol. The van der Waals surface area contributed by atoms with Crippen LogP contribution in [0.15, 0.2) is 36.9 Å². The van der Waals surface area contributed by atoms with E-state index in [1.165, 1.54) is 6.08 Å². The molecule has 0 atom stereocenters. The third-order valence-corrected chi connectivity index (χ3v) is 3.91. The lowest BCUT2D eigenvalue weighted by Crippen LogP contribution is -2.41. The Balaban J connectivity index is 2.21. The Morgan fingerprint density at radius 3 is 2.00 bits per heavy atom. The molecule has 1 aliphatic heterocycles. The van der Waals surface area contributed by atoms with Crippen molar-refractivity contribution in [2.75, 3.05) is 0 Å². The number of carbonyl (C=O) groups is 1. The summed E-state index contributed by atoms with van der Waals surface area (Å²) in [6, 6.07) is 7.26. The van der Waals surface area contributed by atoms with E-state index in [-0.39, 0.29) is 17.0 Å². The van der Waals surface area contributed by atoms with Crippen LogP contribution >= 0.6 is 0 Å². The predicted octanol–water partition coefficient (Wildman–Crippen LogP) is 2.35. The van der Waals surface area contributed by atoms with Crippen LogP contribution in [0, 0.1) is 0 Å². The van der Waals surface area contributed by atoms with Gasteiger partial charge in [0.2, 0.25) is 0 Å². The maximum atomic E-state index is 11.5. The van der Waals surface area contributed by atoms with Gasteiger partial charge in [-0.25, -0.2) is 0 Å². The van der Waals surface area contributed by atoms with E-state index in [9.17, 15) is 4.79 Å². The van der Waals surface area contributed by atoms with Crippen molar-refractivity contribution in [2.45, 2.75) is 38.9 Å². The first-order valence-corrected chi connectivity index (χ1v) is 6.39. The van der Waals surface area contributed by atoms with Crippen molar-refractivity contribution in [3.8, 4) is 0 Å². The number of ketones is 1. The van der Waals surface area contributed by atoms with Crippen LogP contribution in [0.4, 0.5) is 0 Å². The van der Waals surface area contributed by atoms with Crippen molar-refractivity contribution < 1.29 is 14.1 Å². The van der Waals surface area contributed by atoms with Gasteiger partial charge < -0.3 is 9.31 Å². The van der Waals surface area contributed by atoms with Crippen molar-refractivity contribution in [3.63, 3.8) is 0 Å². The van der Waals surface area contributed by atoms with Crippen LogP contribution < -0.4 is 5.46 Å². The highest BCUT2D eigenvalue weighted by Gasteiger charge is 2.51. The van der Waals surface area contributed by atoms with E-state index < -0.39 is 7.12 Å². The molecule has 1 fully saturated rings. The molecule has 1 heterocycles. The normalized spacial score (nSPS) is 20.3. The van der Waals surface area contributed by atoms with Crippen molar-refractivity contribution in [3.05, 3.63) is 42.5 Å². The molecule has 1 aromatic carbocycles. The quantitative estimate of drug-likeness (QED) is 0.474. The Kier molecular flexibility index (Phi) is 3.41. The minimum Gasteiger partial charge on any atom is -0.399 e. The van der Waals surface area contributed by atoms with Gasteiger partial charge in [0.25, 0.3) is 0 Å². The summed E-state index contributed by atoms with van der Waals surface area (Å²) < 4.78 is 11.9. The fourth-order valence-electron chi connectivity index (χ4n) is 1.90. The van der Waals surface area contributed by atoms with Crippen LogP contribution in [-0.2, 0) is 9.31 Å². The van der Waals surface area contributed by atoms with Crippen molar-refractivity contribution in [1.29, 1.82) is 0 Å². The molecule has 1 saturated heterocycles. The lowest BCUT2D eigenvalue weighted by atomic mass is 9.79. The first-order valence-electron chi connectivity index (χ1n) is 6.39. The van der Waals surface area contributed by atoms with E-state index in [0.717, 1.165) is 5.46 Å². The van der Waals surface area contributed by atoms with E-state index in [4.69, 9.17) is 9.31 Å². The molecule has 19 heavy (non-hydrogen) atoms. The fraction of sp³-hybridized carbons (Fsp3) is 0.400. The molecule has 3 nitrogen and oxygen atoms in total. The van der Waals surface area contributed by atoms with Crippen LogP contribution in [0.5, 0.6) is 0 Å². The van der Waals surface area contributed by atoms with Crippen LogP contribution in [0.2, 0.25) is 0 Å². The van der Waals surface area contributed by atoms with Gasteiger partial charge in [-0.05, 0) is 39.2 Å². The van der Waals surface area contributed by atoms with E-state index in [1.54, 1.807) is 12.1 Å². The Bertz CT molecular complexity index is 487. The average molecular weight is 258 g/mol. The molecule has 0 bridgehead atoms. The number of hydrogen-bond donors (Lipinski definition) is 0. The van der Waals surface area contributed by atoms with E-state index >= 15 is 0 Å². The Hall–Kier alpha value is -1.39. The molecule has 100 valence electrons. The molecular formula is C15H19BO3. The van der Waals surface area contributed by atoms with Crippen molar-refractivity contribution in [2.24, 2.45) is 0 Å². The lowest BCUT2D eigenvalue weighted by molar-refractivity contribution is 0.00578. The maximum absolute atomic E-state index is 11.5. The zero-order valence-corrected chi connectivity index (χ0v) is 11.9. The molecule has 0 saturated carbocycles. The number of rotatable bonds is 3. The summed E-state index contributed by atoms with van der Waals surface area (Å²) in [6.45, 7) is 11.5. The monoisotopic (exact) mass is 258 g/mol. The predicted molar refractivity (Wildman–Crippen MR) is 76.7 cm³/mol. The molecule has 0 radical (unpaired) electrons. The van der Waals surface area contributed by atoms with Crippen LogP contribution in [0.25, 0.3) is 0 Å². The number of benzene rings is 1. The largest absolute Gasteiger partial charge is 0.494 e. The summed E-state index contributed by atoms with van der Waals surface area (Å²) in [7, 11) is -0.391. The standard InChI is InChI=1S/C15H19BO3/c1-6-13(17)11-7-9-12(10-8-11)16-18-14(2,3)15(4,5)19-16/h6-10H,1H2,2-5H3. The van der Waals surface area contributed by atoms with Crippen LogP contribution in [-0.4, -0.2) is 24.1 Å². The van der Waals surface area contributed by atoms with Crippen LogP contribution in [0.1, 0.15) is 38.1 Å². The van der Waals surface area contributed by atoms with Gasteiger partial charge in [0.1, 0.15) is 0 Å². The SMILES string of the molecule is C=CC(=O)c1ccc(B2OC(C)(C)C(C)(C)O2)cc1. The Labute approximate surface area is 114 Å². The summed E-state index contributed by atoms with van der Waals surface area (Å²) >= 11 is 0. The second kappa shape index (κ2) is 4.62. The first kappa shape index (κ1) is 14.0. The highest BCUT2D eigenvalue weighted by Crippen LogP contribution is 2.36. The van der Waals surface area contributed by atoms with E-state index in [0.29, 0.717) is 5.56 Å². The molecule has 0 N–H and O–H groups in total. The van der Waals surface area contributed by atoms with Crippen molar-refractivity contribution in [1.82, 2.24) is 0 Å². The molecule has 0 aromatic heterocycles. The molecule has 2 rings (SSSR count). The molecule has 0 spiro atoms. The second-order valence-electron chi connectivity index (χ2n) is 5.78. The number of carbonyl (C=O) groups excluding carboxylic acids is 1. The first-order chi connectivity index (χ1) is 8.77. The summed E-state index contributed by atoms with van der Waals surface area (Å²) in [6.07, 6.45) is 1.31. The van der Waals surface area contributed by atoms with Gasteiger partial charge in [-0.3, -0.25) is 4.79 Å².